The molecule has 0 unspecified atom stereocenters. The Hall–Kier alpha value is -1.47. The quantitative estimate of drug-likeness (QED) is 0.882. The van der Waals surface area contributed by atoms with E-state index in [2.05, 4.69) is 20.9 Å². The summed E-state index contributed by atoms with van der Waals surface area (Å²) in [5.74, 6) is -1.21. The molecule has 116 valence electrons. The first-order chi connectivity index (χ1) is 10.5. The van der Waals surface area contributed by atoms with E-state index in [4.69, 9.17) is 5.11 Å². The maximum atomic E-state index is 12.2. The van der Waals surface area contributed by atoms with Crippen molar-refractivity contribution in [2.24, 2.45) is 5.92 Å². The zero-order valence-electron chi connectivity index (χ0n) is 11.8. The molecule has 0 radical (unpaired) electrons. The average molecular weight is 383 g/mol. The zero-order valence-corrected chi connectivity index (χ0v) is 14.2. The van der Waals surface area contributed by atoms with E-state index in [0.717, 1.165) is 19.7 Å². The van der Waals surface area contributed by atoms with Crippen LogP contribution >= 0.6 is 27.3 Å². The molecule has 2 heterocycles. The Morgan fingerprint density at radius 1 is 1.45 bits per heavy atom. The van der Waals surface area contributed by atoms with Gasteiger partial charge in [-0.25, -0.2) is 4.98 Å². The van der Waals surface area contributed by atoms with Crippen LogP contribution in [0.25, 0.3) is 10.2 Å². The van der Waals surface area contributed by atoms with E-state index >= 15 is 0 Å². The van der Waals surface area contributed by atoms with Gasteiger partial charge in [-0.3, -0.25) is 9.59 Å². The minimum Gasteiger partial charge on any atom is -0.481 e. The molecule has 0 aliphatic carbocycles. The third kappa shape index (κ3) is 3.30. The number of likely N-dealkylation sites (tertiary alicyclic amines) is 1. The number of carbonyl (C=O) groups is 2. The lowest BCUT2D eigenvalue weighted by molar-refractivity contribution is -0.141. The number of carboxylic acid groups (broad SMARTS) is 1. The molecule has 0 saturated carbocycles. The van der Waals surface area contributed by atoms with Gasteiger partial charge in [0, 0.05) is 30.4 Å². The summed E-state index contributed by atoms with van der Waals surface area (Å²) in [6.45, 7) is 0.879. The molecule has 0 bridgehead atoms. The van der Waals surface area contributed by atoms with Crippen molar-refractivity contribution in [2.45, 2.75) is 19.3 Å². The normalized spacial score (nSPS) is 18.0. The highest BCUT2D eigenvalue weighted by molar-refractivity contribution is 9.10. The molecule has 1 aromatic carbocycles. The summed E-state index contributed by atoms with van der Waals surface area (Å²) < 4.78 is 2.10. The molecule has 1 aliphatic rings. The van der Waals surface area contributed by atoms with Crippen molar-refractivity contribution < 1.29 is 14.7 Å². The molecule has 1 atom stereocenters. The maximum Gasteiger partial charge on any atom is 0.308 e. The predicted molar refractivity (Wildman–Crippen MR) is 88.0 cm³/mol. The molecule has 3 rings (SSSR count). The van der Waals surface area contributed by atoms with Gasteiger partial charge in [0.2, 0.25) is 5.91 Å². The number of carbonyl (C=O) groups excluding carboxylic acids is 1. The van der Waals surface area contributed by atoms with Gasteiger partial charge in [0.1, 0.15) is 0 Å². The summed E-state index contributed by atoms with van der Waals surface area (Å²) in [6, 6.07) is 5.96. The molecule has 1 N–H and O–H groups in total. The molecule has 5 nitrogen and oxygen atoms in total. The van der Waals surface area contributed by atoms with Crippen molar-refractivity contribution in [1.82, 2.24) is 9.88 Å². The van der Waals surface area contributed by atoms with E-state index in [1.54, 1.807) is 16.2 Å². The van der Waals surface area contributed by atoms with Crippen molar-refractivity contribution in [2.75, 3.05) is 13.1 Å². The Morgan fingerprint density at radius 2 is 2.27 bits per heavy atom. The average Bonchev–Trinajstić information content (AvgIpc) is 3.10. The number of aryl methyl sites for hydroxylation is 1. The number of carboxylic acids is 1. The smallest absolute Gasteiger partial charge is 0.308 e. The second-order valence-electron chi connectivity index (χ2n) is 5.38. The summed E-state index contributed by atoms with van der Waals surface area (Å²) in [5.41, 5.74) is 0.939. The topological polar surface area (TPSA) is 70.5 Å². The van der Waals surface area contributed by atoms with Crippen molar-refractivity contribution in [1.29, 1.82) is 0 Å². The van der Waals surface area contributed by atoms with Gasteiger partial charge in [0.05, 0.1) is 21.1 Å². The Balaban J connectivity index is 1.59. The predicted octanol–water partition coefficient (Wildman–Crippen LogP) is 2.92. The number of hydrogen-bond donors (Lipinski definition) is 1. The number of nitrogens with zero attached hydrogens (tertiary/aromatic N) is 2. The summed E-state index contributed by atoms with van der Waals surface area (Å²) in [5, 5.41) is 9.91. The molecule has 2 aromatic rings. The fourth-order valence-electron chi connectivity index (χ4n) is 2.62. The molecule has 22 heavy (non-hydrogen) atoms. The largest absolute Gasteiger partial charge is 0.481 e. The van der Waals surface area contributed by atoms with Crippen LogP contribution in [0.1, 0.15) is 17.8 Å². The van der Waals surface area contributed by atoms with Crippen molar-refractivity contribution >= 4 is 49.4 Å². The molecule has 0 spiro atoms. The zero-order chi connectivity index (χ0) is 15.7. The van der Waals surface area contributed by atoms with Crippen LogP contribution in [0.3, 0.4) is 0 Å². The van der Waals surface area contributed by atoms with Crippen LogP contribution in [0, 0.1) is 5.92 Å². The first-order valence-electron chi connectivity index (χ1n) is 7.08. The standard InChI is InChI=1S/C15H15BrN2O3S/c16-10-1-2-12-11(7-10)17-13(22-12)3-4-14(19)18-6-5-9(8-18)15(20)21/h1-2,7,9H,3-6,8H2,(H,20,21)/t9-/m1/s1. The van der Waals surface area contributed by atoms with Crippen molar-refractivity contribution in [3.8, 4) is 0 Å². The molecule has 1 saturated heterocycles. The molecule has 1 aromatic heterocycles. The minimum atomic E-state index is -0.813. The fourth-order valence-corrected chi connectivity index (χ4v) is 3.91. The minimum absolute atomic E-state index is 0.0178. The highest BCUT2D eigenvalue weighted by Crippen LogP contribution is 2.26. The highest BCUT2D eigenvalue weighted by atomic mass is 79.9. The molecular weight excluding hydrogens is 368 g/mol. The number of thiazole rings is 1. The van der Waals surface area contributed by atoms with Crippen LogP contribution in [0.5, 0.6) is 0 Å². The van der Waals surface area contributed by atoms with Crippen LogP contribution < -0.4 is 0 Å². The van der Waals surface area contributed by atoms with Crippen molar-refractivity contribution in [3.05, 3.63) is 27.7 Å². The van der Waals surface area contributed by atoms with Gasteiger partial charge in [0.25, 0.3) is 0 Å². The second-order valence-corrected chi connectivity index (χ2v) is 7.41. The molecular formula is C15H15BrN2O3S. The van der Waals surface area contributed by atoms with Gasteiger partial charge >= 0.3 is 5.97 Å². The van der Waals surface area contributed by atoms with Crippen LogP contribution in [-0.4, -0.2) is 40.0 Å². The van der Waals surface area contributed by atoms with Gasteiger partial charge in [0.15, 0.2) is 0 Å². The highest BCUT2D eigenvalue weighted by Gasteiger charge is 2.30. The summed E-state index contributed by atoms with van der Waals surface area (Å²) in [7, 11) is 0. The van der Waals surface area contributed by atoms with E-state index < -0.39 is 11.9 Å². The van der Waals surface area contributed by atoms with E-state index in [0.29, 0.717) is 32.4 Å². The number of fused-ring (bicyclic) bond motifs is 1. The second kappa shape index (κ2) is 6.34. The van der Waals surface area contributed by atoms with Crippen LogP contribution in [0.15, 0.2) is 22.7 Å². The van der Waals surface area contributed by atoms with Gasteiger partial charge in [-0.1, -0.05) is 15.9 Å². The van der Waals surface area contributed by atoms with E-state index in [9.17, 15) is 9.59 Å². The van der Waals surface area contributed by atoms with Gasteiger partial charge in [-0.05, 0) is 24.6 Å². The first kappa shape index (κ1) is 15.4. The fraction of sp³-hybridized carbons (Fsp3) is 0.400. The molecule has 7 heteroatoms. The van der Waals surface area contributed by atoms with Gasteiger partial charge in [-0.2, -0.15) is 0 Å². The number of aromatic nitrogens is 1. The van der Waals surface area contributed by atoms with Crippen molar-refractivity contribution in [3.63, 3.8) is 0 Å². The van der Waals surface area contributed by atoms with E-state index in [1.807, 2.05) is 18.2 Å². The SMILES string of the molecule is O=C(O)[C@@H]1CCN(C(=O)CCc2nc3cc(Br)ccc3s2)C1. The third-order valence-corrected chi connectivity index (χ3v) is 5.43. The monoisotopic (exact) mass is 382 g/mol. The number of amides is 1. The lowest BCUT2D eigenvalue weighted by atomic mass is 10.1. The number of benzene rings is 1. The Kier molecular flexibility index (Phi) is 4.44. The lowest BCUT2D eigenvalue weighted by Gasteiger charge is -2.15. The molecule has 1 fully saturated rings. The van der Waals surface area contributed by atoms with Crippen LogP contribution in [-0.2, 0) is 16.0 Å². The van der Waals surface area contributed by atoms with Gasteiger partial charge < -0.3 is 10.0 Å². The number of hydrogen-bond acceptors (Lipinski definition) is 4. The summed E-state index contributed by atoms with van der Waals surface area (Å²) in [4.78, 5) is 29.3. The lowest BCUT2D eigenvalue weighted by Crippen LogP contribution is -2.30. The third-order valence-electron chi connectivity index (χ3n) is 3.84. The summed E-state index contributed by atoms with van der Waals surface area (Å²) in [6.07, 6.45) is 1.54. The Morgan fingerprint density at radius 3 is 3.00 bits per heavy atom. The Labute approximate surface area is 140 Å². The first-order valence-corrected chi connectivity index (χ1v) is 8.69. The van der Waals surface area contributed by atoms with Crippen LogP contribution in [0.4, 0.5) is 0 Å². The van der Waals surface area contributed by atoms with Gasteiger partial charge in [-0.15, -0.1) is 11.3 Å². The van der Waals surface area contributed by atoms with Crippen LogP contribution in [0.2, 0.25) is 0 Å². The summed E-state index contributed by atoms with van der Waals surface area (Å²) >= 11 is 5.02. The number of halogens is 1. The van der Waals surface area contributed by atoms with E-state index in [-0.39, 0.29) is 5.91 Å². The molecule has 1 aliphatic heterocycles. The maximum absolute atomic E-state index is 12.2. The number of aliphatic carboxylic acids is 1. The molecule has 1 amide bonds. The number of rotatable bonds is 4. The Bertz CT molecular complexity index is 731. The van der Waals surface area contributed by atoms with E-state index in [1.165, 1.54) is 0 Å².